The molecule has 0 unspecified atom stereocenters. The van der Waals surface area contributed by atoms with E-state index in [9.17, 15) is 0 Å². The first-order chi connectivity index (χ1) is 9.08. The van der Waals surface area contributed by atoms with E-state index in [1.165, 1.54) is 0 Å². The predicted molar refractivity (Wildman–Crippen MR) is 80.4 cm³/mol. The minimum Gasteiger partial charge on any atom is -0.472 e. The molecule has 2 rings (SSSR count). The van der Waals surface area contributed by atoms with Gasteiger partial charge in [0.1, 0.15) is 11.6 Å². The van der Waals surface area contributed by atoms with Crippen molar-refractivity contribution in [3.8, 4) is 5.88 Å². The molecule has 0 atom stereocenters. The molecule has 0 aliphatic rings. The minimum absolute atomic E-state index is 0.313. The van der Waals surface area contributed by atoms with Crippen molar-refractivity contribution in [3.05, 3.63) is 58.8 Å². The van der Waals surface area contributed by atoms with Crippen LogP contribution in [-0.2, 0) is 6.61 Å². The highest BCUT2D eigenvalue weighted by molar-refractivity contribution is 7.80. The lowest BCUT2D eigenvalue weighted by molar-refractivity contribution is 0.292. The summed E-state index contributed by atoms with van der Waals surface area (Å²) in [7, 11) is 0. The molecule has 2 aromatic rings. The van der Waals surface area contributed by atoms with Crippen LogP contribution in [0.5, 0.6) is 5.88 Å². The van der Waals surface area contributed by atoms with Crippen molar-refractivity contribution in [1.29, 1.82) is 0 Å². The van der Waals surface area contributed by atoms with E-state index >= 15 is 0 Å². The Morgan fingerprint density at radius 3 is 2.58 bits per heavy atom. The average molecular weight is 272 g/mol. The van der Waals surface area contributed by atoms with Crippen LogP contribution in [-0.4, -0.2) is 9.97 Å². The number of rotatable bonds is 4. The Labute approximate surface area is 118 Å². The van der Waals surface area contributed by atoms with Gasteiger partial charge in [-0.2, -0.15) is 0 Å². The molecule has 0 aliphatic carbocycles. The van der Waals surface area contributed by atoms with Crippen molar-refractivity contribution in [2.45, 2.75) is 20.5 Å². The number of hydrogen-bond acceptors (Lipinski definition) is 3. The lowest BCUT2D eigenvalue weighted by Crippen LogP contribution is -2.15. The number of nitrogens with two attached hydrogens (primary N) is 1. The van der Waals surface area contributed by atoms with E-state index in [4.69, 9.17) is 22.7 Å². The Bertz CT molecular complexity index is 597. The lowest BCUT2D eigenvalue weighted by Gasteiger charge is -2.13. The normalized spacial score (nSPS) is 10.2. The molecule has 0 spiro atoms. The van der Waals surface area contributed by atoms with Crippen LogP contribution in [0.15, 0.2) is 36.4 Å². The van der Waals surface area contributed by atoms with Gasteiger partial charge in [0, 0.05) is 5.69 Å². The molecule has 1 aromatic heterocycles. The van der Waals surface area contributed by atoms with Gasteiger partial charge in [-0.25, -0.2) is 4.98 Å². The zero-order chi connectivity index (χ0) is 13.8. The Hall–Kier alpha value is -1.94. The zero-order valence-corrected chi connectivity index (χ0v) is 11.8. The molecule has 0 radical (unpaired) electrons. The maximum Gasteiger partial charge on any atom is 0.224 e. The standard InChI is InChI=1S/C15H16N2OS/c1-10-8-11(2)17-15(13(10)14(16)19)18-9-12-6-4-3-5-7-12/h3-8H,9H2,1-2H3,(H2,16,19). The average Bonchev–Trinajstić information content (AvgIpc) is 2.36. The Morgan fingerprint density at radius 1 is 1.26 bits per heavy atom. The van der Waals surface area contributed by atoms with E-state index in [0.717, 1.165) is 22.4 Å². The van der Waals surface area contributed by atoms with Crippen LogP contribution in [0.1, 0.15) is 22.4 Å². The summed E-state index contributed by atoms with van der Waals surface area (Å²) in [5.41, 5.74) is 9.42. The molecule has 4 heteroatoms. The number of nitrogens with zero attached hydrogens (tertiary/aromatic N) is 1. The van der Waals surface area contributed by atoms with Crippen molar-refractivity contribution in [2.24, 2.45) is 5.73 Å². The van der Waals surface area contributed by atoms with Crippen LogP contribution >= 0.6 is 12.2 Å². The highest BCUT2D eigenvalue weighted by atomic mass is 32.1. The number of thiocarbonyl (C=S) groups is 1. The quantitative estimate of drug-likeness (QED) is 0.869. The van der Waals surface area contributed by atoms with Crippen molar-refractivity contribution >= 4 is 17.2 Å². The molecule has 0 aliphatic heterocycles. The summed E-state index contributed by atoms with van der Waals surface area (Å²) in [6.07, 6.45) is 0. The third-order valence-electron chi connectivity index (χ3n) is 2.78. The summed E-state index contributed by atoms with van der Waals surface area (Å²) in [4.78, 5) is 4.69. The van der Waals surface area contributed by atoms with Crippen molar-refractivity contribution in [1.82, 2.24) is 4.98 Å². The topological polar surface area (TPSA) is 48.1 Å². The maximum absolute atomic E-state index is 5.77. The molecular formula is C15H16N2OS. The monoisotopic (exact) mass is 272 g/mol. The highest BCUT2D eigenvalue weighted by Gasteiger charge is 2.12. The van der Waals surface area contributed by atoms with E-state index in [-0.39, 0.29) is 0 Å². The second kappa shape index (κ2) is 5.80. The van der Waals surface area contributed by atoms with Gasteiger partial charge in [-0.15, -0.1) is 0 Å². The van der Waals surface area contributed by atoms with Gasteiger partial charge in [-0.3, -0.25) is 0 Å². The molecule has 98 valence electrons. The molecular weight excluding hydrogens is 256 g/mol. The summed E-state index contributed by atoms with van der Waals surface area (Å²) in [5.74, 6) is 0.508. The van der Waals surface area contributed by atoms with E-state index < -0.39 is 0 Å². The first-order valence-electron chi connectivity index (χ1n) is 6.02. The van der Waals surface area contributed by atoms with E-state index in [1.54, 1.807) is 0 Å². The first kappa shape index (κ1) is 13.5. The molecule has 1 aromatic carbocycles. The van der Waals surface area contributed by atoms with Gasteiger partial charge >= 0.3 is 0 Å². The molecule has 0 saturated heterocycles. The summed E-state index contributed by atoms with van der Waals surface area (Å²) in [6.45, 7) is 4.33. The summed E-state index contributed by atoms with van der Waals surface area (Å²) >= 11 is 5.07. The Kier molecular flexibility index (Phi) is 4.12. The van der Waals surface area contributed by atoms with Gasteiger partial charge < -0.3 is 10.5 Å². The minimum atomic E-state index is 0.313. The van der Waals surface area contributed by atoms with Crippen molar-refractivity contribution in [3.63, 3.8) is 0 Å². The van der Waals surface area contributed by atoms with Crippen LogP contribution in [0, 0.1) is 13.8 Å². The van der Waals surface area contributed by atoms with Gasteiger partial charge in [-0.05, 0) is 31.0 Å². The van der Waals surface area contributed by atoms with Crippen molar-refractivity contribution < 1.29 is 4.74 Å². The highest BCUT2D eigenvalue weighted by Crippen LogP contribution is 2.21. The molecule has 1 heterocycles. The summed E-state index contributed by atoms with van der Waals surface area (Å²) < 4.78 is 5.77. The van der Waals surface area contributed by atoms with Gasteiger partial charge in [0.15, 0.2) is 0 Å². The number of hydrogen-bond donors (Lipinski definition) is 1. The van der Waals surface area contributed by atoms with Gasteiger partial charge in [0.05, 0.1) is 5.56 Å². The maximum atomic E-state index is 5.77. The largest absolute Gasteiger partial charge is 0.472 e. The van der Waals surface area contributed by atoms with Gasteiger partial charge in [0.25, 0.3) is 0 Å². The SMILES string of the molecule is Cc1cc(C)c(C(N)=S)c(OCc2ccccc2)n1. The van der Waals surface area contributed by atoms with Gasteiger partial charge in [0.2, 0.25) is 5.88 Å². The summed E-state index contributed by atoms with van der Waals surface area (Å²) in [6, 6.07) is 11.9. The first-order valence-corrected chi connectivity index (χ1v) is 6.43. The number of aryl methyl sites for hydroxylation is 2. The third-order valence-corrected chi connectivity index (χ3v) is 2.98. The second-order valence-electron chi connectivity index (χ2n) is 4.40. The predicted octanol–water partition coefficient (Wildman–Crippen LogP) is 2.91. The van der Waals surface area contributed by atoms with E-state index in [1.807, 2.05) is 50.2 Å². The van der Waals surface area contributed by atoms with Crippen LogP contribution in [0.3, 0.4) is 0 Å². The fourth-order valence-electron chi connectivity index (χ4n) is 1.93. The van der Waals surface area contributed by atoms with E-state index in [2.05, 4.69) is 4.98 Å². The summed E-state index contributed by atoms with van der Waals surface area (Å²) in [5, 5.41) is 0. The second-order valence-corrected chi connectivity index (χ2v) is 4.84. The lowest BCUT2D eigenvalue weighted by atomic mass is 10.1. The Balaban J connectivity index is 2.27. The molecule has 0 fully saturated rings. The zero-order valence-electron chi connectivity index (χ0n) is 11.0. The molecule has 0 bridgehead atoms. The Morgan fingerprint density at radius 2 is 1.95 bits per heavy atom. The third kappa shape index (κ3) is 3.29. The number of benzene rings is 1. The van der Waals surface area contributed by atoms with Gasteiger partial charge in [-0.1, -0.05) is 42.5 Å². The van der Waals surface area contributed by atoms with Crippen molar-refractivity contribution in [2.75, 3.05) is 0 Å². The molecule has 0 amide bonds. The fourth-order valence-corrected chi connectivity index (χ4v) is 2.18. The fraction of sp³-hybridized carbons (Fsp3) is 0.200. The van der Waals surface area contributed by atoms with Crippen LogP contribution < -0.4 is 10.5 Å². The molecule has 3 nitrogen and oxygen atoms in total. The van der Waals surface area contributed by atoms with Crippen LogP contribution in [0.25, 0.3) is 0 Å². The number of pyridine rings is 1. The molecule has 19 heavy (non-hydrogen) atoms. The van der Waals surface area contributed by atoms with E-state index in [0.29, 0.717) is 17.5 Å². The van der Waals surface area contributed by atoms with Crippen LogP contribution in [0.4, 0.5) is 0 Å². The molecule has 0 saturated carbocycles. The number of aromatic nitrogens is 1. The number of ether oxygens (including phenoxy) is 1. The molecule has 2 N–H and O–H groups in total. The smallest absolute Gasteiger partial charge is 0.224 e. The van der Waals surface area contributed by atoms with Crippen LogP contribution in [0.2, 0.25) is 0 Å².